The molecule has 0 radical (unpaired) electrons. The van der Waals surface area contributed by atoms with Gasteiger partial charge in [-0.05, 0) is 67.6 Å². The summed E-state index contributed by atoms with van der Waals surface area (Å²) in [6, 6.07) is 20.0. The first-order valence-electron chi connectivity index (χ1n) is 13.9. The van der Waals surface area contributed by atoms with Gasteiger partial charge >= 0.3 is 12.4 Å². The van der Waals surface area contributed by atoms with Crippen molar-refractivity contribution in [3.8, 4) is 22.8 Å². The maximum atomic E-state index is 12.7. The van der Waals surface area contributed by atoms with Crippen molar-refractivity contribution < 1.29 is 27.5 Å². The molecule has 1 aromatic heterocycles. The third kappa shape index (κ3) is 7.64. The molecular formula is C31H29F3N6O3S. The van der Waals surface area contributed by atoms with Gasteiger partial charge in [-0.25, -0.2) is 14.5 Å². The Labute approximate surface area is 256 Å². The minimum Gasteiger partial charge on any atom is -0.406 e. The molecule has 2 heterocycles. The summed E-state index contributed by atoms with van der Waals surface area (Å²) in [7, 11) is 0. The minimum absolute atomic E-state index is 0.102. The van der Waals surface area contributed by atoms with E-state index in [1.165, 1.54) is 51.9 Å². The standard InChI is InChI=1S/C31H29F3N6O3S/c1-3-22-6-4-5-7-26(22)40-27(41)18-44-30(40)37-29(42)36-20(2)8-9-21-10-12-23(13-11-21)28-35-19-39(38-28)24-14-16-25(17-15-24)43-31(32,33)34/h4-7,10-17,19-20H,3,8-9,18H2,1-2H3,(H,36,42). The van der Waals surface area contributed by atoms with E-state index in [0.29, 0.717) is 29.5 Å². The SMILES string of the molecule is CCc1ccccc1N1C(=O)CSC1=NC(=O)NC(C)CCc1ccc(-c2ncn(-c3ccc(OC(F)(F)F)cc3)n2)cc1. The molecule has 13 heteroatoms. The summed E-state index contributed by atoms with van der Waals surface area (Å²) in [6.07, 6.45) is -1.14. The molecule has 3 aromatic carbocycles. The number of aliphatic imine (C=N–C) groups is 1. The molecule has 1 aliphatic heterocycles. The van der Waals surface area contributed by atoms with Crippen molar-refractivity contribution in [3.63, 3.8) is 0 Å². The number of aromatic nitrogens is 3. The van der Waals surface area contributed by atoms with Crippen LogP contribution in [0.3, 0.4) is 0 Å². The Bertz CT molecular complexity index is 1660. The summed E-state index contributed by atoms with van der Waals surface area (Å²) in [5.41, 5.74) is 4.13. The second-order valence-corrected chi connectivity index (χ2v) is 11.0. The van der Waals surface area contributed by atoms with Gasteiger partial charge in [-0.3, -0.25) is 9.69 Å². The van der Waals surface area contributed by atoms with Crippen LogP contribution in [0.1, 0.15) is 31.4 Å². The first kappa shape index (κ1) is 30.8. The van der Waals surface area contributed by atoms with Gasteiger partial charge in [0.05, 0.1) is 17.1 Å². The van der Waals surface area contributed by atoms with Crippen LogP contribution in [0, 0.1) is 0 Å². The maximum Gasteiger partial charge on any atom is 0.573 e. The molecule has 1 atom stereocenters. The normalized spacial score (nSPS) is 15.1. The number of benzene rings is 3. The van der Waals surface area contributed by atoms with Crippen LogP contribution >= 0.6 is 11.8 Å². The third-order valence-electron chi connectivity index (χ3n) is 6.85. The summed E-state index contributed by atoms with van der Waals surface area (Å²) in [5, 5.41) is 7.70. The highest BCUT2D eigenvalue weighted by Crippen LogP contribution is 2.30. The Morgan fingerprint density at radius 1 is 1.09 bits per heavy atom. The van der Waals surface area contributed by atoms with Gasteiger partial charge in [-0.1, -0.05) is 61.2 Å². The molecule has 5 rings (SSSR count). The first-order valence-corrected chi connectivity index (χ1v) is 14.9. The monoisotopic (exact) mass is 622 g/mol. The summed E-state index contributed by atoms with van der Waals surface area (Å²) < 4.78 is 42.6. The van der Waals surface area contributed by atoms with E-state index < -0.39 is 12.4 Å². The molecule has 0 aliphatic carbocycles. The van der Waals surface area contributed by atoms with Crippen LogP contribution in [0.15, 0.2) is 84.1 Å². The number of thioether (sulfide) groups is 1. The van der Waals surface area contributed by atoms with Gasteiger partial charge in [-0.15, -0.1) is 18.3 Å². The van der Waals surface area contributed by atoms with Gasteiger partial charge in [0.1, 0.15) is 12.1 Å². The van der Waals surface area contributed by atoms with Crippen LogP contribution in [0.4, 0.5) is 23.7 Å². The van der Waals surface area contributed by atoms with Crippen LogP contribution in [0.5, 0.6) is 5.75 Å². The lowest BCUT2D eigenvalue weighted by Crippen LogP contribution is -2.34. The Kier molecular flexibility index (Phi) is 9.33. The van der Waals surface area contributed by atoms with E-state index in [1.807, 2.05) is 62.4 Å². The number of ether oxygens (including phenoxy) is 1. The molecular weight excluding hydrogens is 593 g/mol. The van der Waals surface area contributed by atoms with Crippen molar-refractivity contribution in [1.29, 1.82) is 0 Å². The number of aryl methyl sites for hydroxylation is 2. The number of nitrogens with one attached hydrogen (secondary N) is 1. The fourth-order valence-corrected chi connectivity index (χ4v) is 5.49. The van der Waals surface area contributed by atoms with Crippen LogP contribution < -0.4 is 15.0 Å². The van der Waals surface area contributed by atoms with Gasteiger partial charge in [0.25, 0.3) is 0 Å². The number of carbonyl (C=O) groups excluding carboxylic acids is 2. The molecule has 4 aromatic rings. The van der Waals surface area contributed by atoms with Crippen LogP contribution in [0.2, 0.25) is 0 Å². The quantitative estimate of drug-likeness (QED) is 0.227. The second kappa shape index (κ2) is 13.3. The molecule has 1 fully saturated rings. The molecule has 1 saturated heterocycles. The highest BCUT2D eigenvalue weighted by Gasteiger charge is 2.32. The fourth-order valence-electron chi connectivity index (χ4n) is 4.64. The Morgan fingerprint density at radius 3 is 2.52 bits per heavy atom. The number of hydrogen-bond acceptors (Lipinski definition) is 6. The molecule has 1 aliphatic rings. The lowest BCUT2D eigenvalue weighted by atomic mass is 10.0. The van der Waals surface area contributed by atoms with Crippen molar-refractivity contribution in [2.75, 3.05) is 10.7 Å². The zero-order chi connectivity index (χ0) is 31.3. The van der Waals surface area contributed by atoms with Crippen molar-refractivity contribution in [2.24, 2.45) is 4.99 Å². The predicted molar refractivity (Wildman–Crippen MR) is 163 cm³/mol. The van der Waals surface area contributed by atoms with E-state index in [1.54, 1.807) is 0 Å². The number of nitrogens with zero attached hydrogens (tertiary/aromatic N) is 5. The lowest BCUT2D eigenvalue weighted by Gasteiger charge is -2.19. The second-order valence-electron chi connectivity index (χ2n) is 10.0. The molecule has 0 bridgehead atoms. The van der Waals surface area contributed by atoms with Gasteiger partial charge in [-0.2, -0.15) is 4.99 Å². The molecule has 3 amide bonds. The number of rotatable bonds is 9. The largest absolute Gasteiger partial charge is 0.573 e. The number of amides is 3. The Hall–Kier alpha value is -4.65. The number of hydrogen-bond donors (Lipinski definition) is 1. The smallest absolute Gasteiger partial charge is 0.406 e. The zero-order valence-corrected chi connectivity index (χ0v) is 24.7. The highest BCUT2D eigenvalue weighted by atomic mass is 32.2. The van der Waals surface area contributed by atoms with Crippen molar-refractivity contribution >= 4 is 34.6 Å². The summed E-state index contributed by atoms with van der Waals surface area (Å²) >= 11 is 1.25. The number of alkyl halides is 3. The van der Waals surface area contributed by atoms with E-state index in [-0.39, 0.29) is 23.5 Å². The third-order valence-corrected chi connectivity index (χ3v) is 7.77. The maximum absolute atomic E-state index is 12.7. The summed E-state index contributed by atoms with van der Waals surface area (Å²) in [6.45, 7) is 3.92. The Morgan fingerprint density at radius 2 is 1.82 bits per heavy atom. The van der Waals surface area contributed by atoms with E-state index in [2.05, 4.69) is 25.1 Å². The van der Waals surface area contributed by atoms with Crippen molar-refractivity contribution in [2.45, 2.75) is 45.5 Å². The van der Waals surface area contributed by atoms with E-state index >= 15 is 0 Å². The number of urea groups is 1. The lowest BCUT2D eigenvalue weighted by molar-refractivity contribution is -0.274. The van der Waals surface area contributed by atoms with Gasteiger partial charge in [0.15, 0.2) is 11.0 Å². The first-order chi connectivity index (χ1) is 21.1. The molecule has 228 valence electrons. The molecule has 1 unspecified atom stereocenters. The molecule has 1 N–H and O–H groups in total. The minimum atomic E-state index is -4.75. The molecule has 0 spiro atoms. The van der Waals surface area contributed by atoms with Gasteiger partial charge in [0.2, 0.25) is 5.91 Å². The van der Waals surface area contributed by atoms with E-state index in [9.17, 15) is 22.8 Å². The molecule has 44 heavy (non-hydrogen) atoms. The number of para-hydroxylation sites is 1. The van der Waals surface area contributed by atoms with Crippen molar-refractivity contribution in [3.05, 3.63) is 90.3 Å². The van der Waals surface area contributed by atoms with Crippen LogP contribution in [-0.2, 0) is 17.6 Å². The highest BCUT2D eigenvalue weighted by molar-refractivity contribution is 8.15. The van der Waals surface area contributed by atoms with E-state index in [0.717, 1.165) is 28.8 Å². The summed E-state index contributed by atoms with van der Waals surface area (Å²) in [5.74, 6) is 0.281. The van der Waals surface area contributed by atoms with Crippen LogP contribution in [0.25, 0.3) is 17.1 Å². The van der Waals surface area contributed by atoms with Gasteiger partial charge < -0.3 is 10.1 Å². The number of carbonyl (C=O) groups is 2. The number of halogens is 3. The number of amidine groups is 1. The molecule has 9 nitrogen and oxygen atoms in total. The van der Waals surface area contributed by atoms with Crippen LogP contribution in [-0.4, -0.2) is 50.0 Å². The average Bonchev–Trinajstić information content (AvgIpc) is 3.63. The van der Waals surface area contributed by atoms with Gasteiger partial charge in [0, 0.05) is 11.6 Å². The predicted octanol–water partition coefficient (Wildman–Crippen LogP) is 6.56. The zero-order valence-electron chi connectivity index (χ0n) is 23.9. The topological polar surface area (TPSA) is 102 Å². The van der Waals surface area contributed by atoms with Crippen molar-refractivity contribution in [1.82, 2.24) is 20.1 Å². The molecule has 0 saturated carbocycles. The average molecular weight is 623 g/mol. The summed E-state index contributed by atoms with van der Waals surface area (Å²) in [4.78, 5) is 35.4. The Balaban J connectivity index is 1.15. The fraction of sp³-hybridized carbons (Fsp3) is 0.258. The number of anilines is 1. The van der Waals surface area contributed by atoms with E-state index in [4.69, 9.17) is 0 Å².